The topological polar surface area (TPSA) is 153 Å². The predicted octanol–water partition coefficient (Wildman–Crippen LogP) is 0.0894. The summed E-state index contributed by atoms with van der Waals surface area (Å²) in [5.74, 6) is -2.21. The molecule has 10 nitrogen and oxygen atoms in total. The summed E-state index contributed by atoms with van der Waals surface area (Å²) >= 11 is 0. The minimum absolute atomic E-state index is 0.0352. The molecular weight excluding hydrogens is 378 g/mol. The maximum Gasteiger partial charge on any atom is 0.278 e. The van der Waals surface area contributed by atoms with Crippen LogP contribution in [0.4, 0.5) is 0 Å². The highest BCUT2D eigenvalue weighted by Gasteiger charge is 2.65. The molecule has 1 aromatic heterocycles. The lowest BCUT2D eigenvalue weighted by Crippen LogP contribution is -2.75. The Morgan fingerprint density at radius 3 is 2.76 bits per heavy atom. The van der Waals surface area contributed by atoms with Crippen molar-refractivity contribution in [3.8, 4) is 6.07 Å². The van der Waals surface area contributed by atoms with E-state index in [2.05, 4.69) is 15.4 Å². The van der Waals surface area contributed by atoms with E-state index < -0.39 is 23.0 Å². The second kappa shape index (κ2) is 7.14. The van der Waals surface area contributed by atoms with Gasteiger partial charge in [-0.3, -0.25) is 10.5 Å². The van der Waals surface area contributed by atoms with E-state index in [9.17, 15) is 15.2 Å². The number of carbonyl (C=O) groups excluding carboxylic acids is 1. The number of hydroxylamine groups is 1. The van der Waals surface area contributed by atoms with Crippen LogP contribution in [0.3, 0.4) is 0 Å². The molecule has 10 heteroatoms. The number of ether oxygens (including phenoxy) is 2. The predicted molar refractivity (Wildman–Crippen MR) is 96.4 cm³/mol. The molecule has 1 saturated heterocycles. The van der Waals surface area contributed by atoms with Gasteiger partial charge in [-0.25, -0.2) is 20.3 Å². The quantitative estimate of drug-likeness (QED) is 0.436. The van der Waals surface area contributed by atoms with E-state index in [0.717, 1.165) is 0 Å². The van der Waals surface area contributed by atoms with Crippen LogP contribution >= 0.6 is 0 Å². The van der Waals surface area contributed by atoms with Crippen molar-refractivity contribution in [2.24, 2.45) is 5.73 Å². The van der Waals surface area contributed by atoms with Crippen LogP contribution in [0, 0.1) is 11.3 Å². The normalized spacial score (nSPS) is 26.8. The van der Waals surface area contributed by atoms with Crippen LogP contribution in [0.15, 0.2) is 43.0 Å². The average molecular weight is 397 g/mol. The first kappa shape index (κ1) is 19.4. The maximum atomic E-state index is 12.3. The van der Waals surface area contributed by atoms with Gasteiger partial charge in [0, 0.05) is 18.0 Å². The molecule has 2 atom stereocenters. The molecule has 2 aliphatic rings. The highest BCUT2D eigenvalue weighted by Crippen LogP contribution is 2.48. The van der Waals surface area contributed by atoms with E-state index in [1.807, 2.05) is 6.07 Å². The van der Waals surface area contributed by atoms with Crippen molar-refractivity contribution in [3.05, 3.63) is 59.7 Å². The first-order valence-corrected chi connectivity index (χ1v) is 8.93. The Morgan fingerprint density at radius 1 is 1.38 bits per heavy atom. The van der Waals surface area contributed by atoms with Gasteiger partial charge in [-0.15, -0.1) is 0 Å². The first-order chi connectivity index (χ1) is 13.9. The molecule has 1 aliphatic heterocycles. The third-order valence-corrected chi connectivity index (χ3v) is 4.94. The number of carbonyl (C=O) groups is 1. The fourth-order valence-electron chi connectivity index (χ4n) is 2.95. The summed E-state index contributed by atoms with van der Waals surface area (Å²) in [7, 11) is 0. The lowest BCUT2D eigenvalue weighted by molar-refractivity contribution is -0.441. The molecule has 0 radical (unpaired) electrons. The van der Waals surface area contributed by atoms with Crippen LogP contribution in [-0.2, 0) is 20.1 Å². The molecule has 1 aliphatic carbocycles. The number of nitrogens with zero attached hydrogens (tertiary/aromatic N) is 3. The monoisotopic (exact) mass is 397 g/mol. The molecule has 2 unspecified atom stereocenters. The maximum absolute atomic E-state index is 12.3. The summed E-state index contributed by atoms with van der Waals surface area (Å²) in [6, 6.07) is 8.57. The first-order valence-electron chi connectivity index (χ1n) is 8.93. The van der Waals surface area contributed by atoms with Gasteiger partial charge in [-0.2, -0.15) is 5.26 Å². The second-order valence-electron chi connectivity index (χ2n) is 7.16. The molecular formula is C19H19N5O5. The van der Waals surface area contributed by atoms with E-state index in [1.54, 1.807) is 24.3 Å². The zero-order chi connectivity index (χ0) is 20.5. The van der Waals surface area contributed by atoms with Crippen LogP contribution in [0.5, 0.6) is 0 Å². The number of nitrogens with one attached hydrogen (secondary N) is 1. The van der Waals surface area contributed by atoms with Gasteiger partial charge in [-0.05, 0) is 25.0 Å². The SMILES string of the molecule is N#Cc1cccc(C2(OCC3(O)CC3)OCC2(N)ONC(=O)c2cncnc2)c1. The fraction of sp³-hybridized carbons (Fsp3) is 0.368. The molecule has 1 saturated carbocycles. The van der Waals surface area contributed by atoms with Gasteiger partial charge in [0.25, 0.3) is 5.91 Å². The molecule has 2 heterocycles. The van der Waals surface area contributed by atoms with Crippen molar-refractivity contribution in [2.45, 2.75) is 30.0 Å². The Bertz CT molecular complexity index is 961. The summed E-state index contributed by atoms with van der Waals surface area (Å²) in [4.78, 5) is 25.3. The van der Waals surface area contributed by atoms with Crippen molar-refractivity contribution in [2.75, 3.05) is 13.2 Å². The van der Waals surface area contributed by atoms with Gasteiger partial charge in [-0.1, -0.05) is 12.1 Å². The van der Waals surface area contributed by atoms with Crippen molar-refractivity contribution in [1.82, 2.24) is 15.4 Å². The molecule has 0 spiro atoms. The second-order valence-corrected chi connectivity index (χ2v) is 7.16. The molecule has 4 N–H and O–H groups in total. The van der Waals surface area contributed by atoms with Gasteiger partial charge in [0.15, 0.2) is 0 Å². The summed E-state index contributed by atoms with van der Waals surface area (Å²) < 4.78 is 11.6. The van der Waals surface area contributed by atoms with Gasteiger partial charge in [0.2, 0.25) is 11.5 Å². The number of amides is 1. The van der Waals surface area contributed by atoms with Gasteiger partial charge >= 0.3 is 0 Å². The molecule has 1 aromatic carbocycles. The van der Waals surface area contributed by atoms with Crippen LogP contribution in [0.25, 0.3) is 0 Å². The highest BCUT2D eigenvalue weighted by atomic mass is 16.8. The van der Waals surface area contributed by atoms with Crippen molar-refractivity contribution < 1.29 is 24.2 Å². The Kier molecular flexibility index (Phi) is 4.77. The van der Waals surface area contributed by atoms with E-state index >= 15 is 0 Å². The van der Waals surface area contributed by atoms with Crippen LogP contribution in [0.2, 0.25) is 0 Å². The third kappa shape index (κ3) is 3.57. The average Bonchev–Trinajstić information content (AvgIpc) is 3.49. The summed E-state index contributed by atoms with van der Waals surface area (Å²) in [5, 5.41) is 19.4. The minimum atomic E-state index is -1.61. The zero-order valence-corrected chi connectivity index (χ0v) is 15.4. The minimum Gasteiger partial charge on any atom is -0.387 e. The van der Waals surface area contributed by atoms with Crippen LogP contribution < -0.4 is 11.2 Å². The summed E-state index contributed by atoms with van der Waals surface area (Å²) in [5.41, 5.74) is 7.13. The number of hydrogen-bond acceptors (Lipinski definition) is 9. The molecule has 2 fully saturated rings. The molecule has 0 bridgehead atoms. The molecule has 2 aromatic rings. The van der Waals surface area contributed by atoms with Crippen LogP contribution in [0.1, 0.15) is 34.3 Å². The Hall–Kier alpha value is -2.94. The molecule has 150 valence electrons. The van der Waals surface area contributed by atoms with Crippen molar-refractivity contribution in [3.63, 3.8) is 0 Å². The number of aliphatic hydroxyl groups is 1. The lowest BCUT2D eigenvalue weighted by Gasteiger charge is -2.54. The Labute approximate surface area is 166 Å². The third-order valence-electron chi connectivity index (χ3n) is 4.94. The van der Waals surface area contributed by atoms with Crippen molar-refractivity contribution >= 4 is 5.91 Å². The van der Waals surface area contributed by atoms with Gasteiger partial charge in [0.1, 0.15) is 12.9 Å². The highest BCUT2D eigenvalue weighted by molar-refractivity contribution is 5.92. The summed E-state index contributed by atoms with van der Waals surface area (Å²) in [6.07, 6.45) is 5.16. The number of nitrogens with two attached hydrogens (primary N) is 1. The lowest BCUT2D eigenvalue weighted by atomic mass is 9.89. The number of nitriles is 1. The Morgan fingerprint density at radius 2 is 2.14 bits per heavy atom. The number of hydrogen-bond donors (Lipinski definition) is 3. The standard InChI is InChI=1S/C19H19N5O5/c20-7-13-2-1-3-15(6-13)19(27-10-17(26)4-5-17)18(21,11-28-19)29-24-16(25)14-8-22-12-23-9-14/h1-3,6,8-9,12,26H,4-5,10-11,21H2,(H,24,25). The Balaban J connectivity index is 1.58. The van der Waals surface area contributed by atoms with E-state index in [-0.39, 0.29) is 18.8 Å². The smallest absolute Gasteiger partial charge is 0.278 e. The molecule has 29 heavy (non-hydrogen) atoms. The number of aromatic nitrogens is 2. The largest absolute Gasteiger partial charge is 0.387 e. The summed E-state index contributed by atoms with van der Waals surface area (Å²) in [6.45, 7) is -0.125. The van der Waals surface area contributed by atoms with Gasteiger partial charge < -0.3 is 14.6 Å². The van der Waals surface area contributed by atoms with E-state index in [4.69, 9.17) is 20.0 Å². The van der Waals surface area contributed by atoms with E-state index in [0.29, 0.717) is 24.0 Å². The number of rotatable bonds is 7. The van der Waals surface area contributed by atoms with Crippen LogP contribution in [-0.4, -0.2) is 45.5 Å². The zero-order valence-electron chi connectivity index (χ0n) is 15.4. The van der Waals surface area contributed by atoms with Crippen molar-refractivity contribution in [1.29, 1.82) is 5.26 Å². The fourth-order valence-corrected chi connectivity index (χ4v) is 2.95. The van der Waals surface area contributed by atoms with E-state index in [1.165, 1.54) is 18.7 Å². The van der Waals surface area contributed by atoms with Gasteiger partial charge in [0.05, 0.1) is 29.4 Å². The number of benzene rings is 1. The molecule has 1 amide bonds. The molecule has 4 rings (SSSR count).